The molecule has 0 aromatic heterocycles. The Morgan fingerprint density at radius 2 is 1.83 bits per heavy atom. The minimum Gasteiger partial charge on any atom is -0.357 e. The van der Waals surface area contributed by atoms with Gasteiger partial charge in [0, 0.05) is 19.6 Å². The van der Waals surface area contributed by atoms with Crippen LogP contribution >= 0.6 is 24.0 Å². The van der Waals surface area contributed by atoms with Crippen molar-refractivity contribution >= 4 is 35.8 Å². The molecule has 1 amide bonds. The van der Waals surface area contributed by atoms with Crippen LogP contribution in [-0.2, 0) is 4.79 Å². The van der Waals surface area contributed by atoms with Crippen LogP contribution in [-0.4, -0.2) is 62.6 Å². The zero-order valence-electron chi connectivity index (χ0n) is 15.6. The highest BCUT2D eigenvalue weighted by Crippen LogP contribution is 2.15. The van der Waals surface area contributed by atoms with Crippen molar-refractivity contribution in [2.24, 2.45) is 10.9 Å². The molecule has 6 nitrogen and oxygen atoms in total. The second-order valence-corrected chi connectivity index (χ2v) is 6.35. The molecule has 0 aromatic rings. The van der Waals surface area contributed by atoms with E-state index < -0.39 is 0 Å². The average Bonchev–Trinajstić information content (AvgIpc) is 2.56. The Morgan fingerprint density at radius 1 is 1.12 bits per heavy atom. The van der Waals surface area contributed by atoms with Gasteiger partial charge in [-0.25, -0.2) is 4.99 Å². The van der Waals surface area contributed by atoms with Gasteiger partial charge in [-0.15, -0.1) is 24.0 Å². The Kier molecular flexibility index (Phi) is 14.4. The molecule has 0 radical (unpaired) electrons. The number of carbonyl (C=O) groups is 1. The predicted molar refractivity (Wildman–Crippen MR) is 112 cm³/mol. The van der Waals surface area contributed by atoms with Gasteiger partial charge in [0.15, 0.2) is 5.96 Å². The van der Waals surface area contributed by atoms with Crippen LogP contribution in [0.2, 0.25) is 0 Å². The summed E-state index contributed by atoms with van der Waals surface area (Å²) in [7, 11) is 0. The molecule has 1 aliphatic rings. The summed E-state index contributed by atoms with van der Waals surface area (Å²) in [6, 6.07) is 0. The van der Waals surface area contributed by atoms with Crippen LogP contribution < -0.4 is 16.0 Å². The van der Waals surface area contributed by atoms with E-state index in [1.54, 1.807) is 0 Å². The number of aliphatic imine (C=N–C) groups is 1. The van der Waals surface area contributed by atoms with Crippen molar-refractivity contribution in [3.8, 4) is 0 Å². The Bertz CT molecular complexity index is 357. The van der Waals surface area contributed by atoms with Crippen molar-refractivity contribution in [1.29, 1.82) is 0 Å². The number of guanidine groups is 1. The van der Waals surface area contributed by atoms with Gasteiger partial charge < -0.3 is 20.9 Å². The quantitative estimate of drug-likeness (QED) is 0.216. The van der Waals surface area contributed by atoms with E-state index in [1.807, 2.05) is 13.8 Å². The smallest absolute Gasteiger partial charge is 0.241 e. The number of hydrogen-bond donors (Lipinski definition) is 3. The molecular weight excluding hydrogens is 417 g/mol. The maximum absolute atomic E-state index is 11.6. The molecule has 1 fully saturated rings. The average molecular weight is 453 g/mol. The highest BCUT2D eigenvalue weighted by molar-refractivity contribution is 14.0. The first-order chi connectivity index (χ1) is 11.2. The van der Waals surface area contributed by atoms with E-state index in [0.717, 1.165) is 44.4 Å². The summed E-state index contributed by atoms with van der Waals surface area (Å²) in [5, 5.41) is 9.33. The Morgan fingerprint density at radius 3 is 2.46 bits per heavy atom. The summed E-state index contributed by atoms with van der Waals surface area (Å²) in [6.07, 6.45) is 4.69. The first kappa shape index (κ1) is 23.4. The number of halogens is 1. The normalized spacial score (nSPS) is 16.4. The molecule has 0 spiro atoms. The molecule has 24 heavy (non-hydrogen) atoms. The fourth-order valence-corrected chi connectivity index (χ4v) is 2.61. The zero-order valence-corrected chi connectivity index (χ0v) is 17.9. The van der Waals surface area contributed by atoms with E-state index in [2.05, 4.69) is 32.8 Å². The van der Waals surface area contributed by atoms with E-state index in [4.69, 9.17) is 0 Å². The van der Waals surface area contributed by atoms with Gasteiger partial charge in [-0.2, -0.15) is 0 Å². The second-order valence-electron chi connectivity index (χ2n) is 6.35. The zero-order chi connectivity index (χ0) is 16.9. The second kappa shape index (κ2) is 14.7. The van der Waals surface area contributed by atoms with Crippen LogP contribution in [0.1, 0.15) is 46.5 Å². The molecule has 0 saturated carbocycles. The summed E-state index contributed by atoms with van der Waals surface area (Å²) in [6.45, 7) is 12.6. The first-order valence-electron chi connectivity index (χ1n) is 9.16. The first-order valence-corrected chi connectivity index (χ1v) is 9.16. The van der Waals surface area contributed by atoms with Gasteiger partial charge in [-0.1, -0.05) is 13.8 Å². The topological polar surface area (TPSA) is 68.8 Å². The van der Waals surface area contributed by atoms with Crippen LogP contribution in [0.5, 0.6) is 0 Å². The van der Waals surface area contributed by atoms with E-state index in [9.17, 15) is 4.79 Å². The molecule has 1 saturated heterocycles. The lowest BCUT2D eigenvalue weighted by Crippen LogP contribution is -2.40. The summed E-state index contributed by atoms with van der Waals surface area (Å²) in [4.78, 5) is 18.5. The molecule has 0 aromatic carbocycles. The highest BCUT2D eigenvalue weighted by Gasteiger charge is 2.14. The predicted octanol–water partition coefficient (Wildman–Crippen LogP) is 1.81. The third-order valence-corrected chi connectivity index (χ3v) is 4.12. The number of piperidine rings is 1. The fraction of sp³-hybridized carbons (Fsp3) is 0.882. The van der Waals surface area contributed by atoms with Gasteiger partial charge in [-0.05, 0) is 58.2 Å². The molecule has 1 heterocycles. The lowest BCUT2D eigenvalue weighted by atomic mass is 9.99. The van der Waals surface area contributed by atoms with Crippen molar-refractivity contribution in [3.05, 3.63) is 0 Å². The summed E-state index contributed by atoms with van der Waals surface area (Å²) in [5.74, 6) is 1.59. The monoisotopic (exact) mass is 453 g/mol. The molecule has 1 rings (SSSR count). The maximum Gasteiger partial charge on any atom is 0.241 e. The third-order valence-electron chi connectivity index (χ3n) is 4.12. The van der Waals surface area contributed by atoms with Gasteiger partial charge in [0.25, 0.3) is 0 Å². The fourth-order valence-electron chi connectivity index (χ4n) is 2.61. The number of carbonyl (C=O) groups excluding carboxylic acids is 1. The SMILES string of the molecule is CCCNC(=O)CN=C(NCC)NCCCN1CCC(C)CC1.I. The Balaban J connectivity index is 0.00000529. The lowest BCUT2D eigenvalue weighted by Gasteiger charge is -2.30. The van der Waals surface area contributed by atoms with Gasteiger partial charge >= 0.3 is 0 Å². The molecule has 0 unspecified atom stereocenters. The van der Waals surface area contributed by atoms with Crippen LogP contribution in [0.4, 0.5) is 0 Å². The number of rotatable bonds is 9. The van der Waals surface area contributed by atoms with Crippen LogP contribution in [0, 0.1) is 5.92 Å². The molecule has 7 heteroatoms. The highest BCUT2D eigenvalue weighted by atomic mass is 127. The number of likely N-dealkylation sites (tertiary alicyclic amines) is 1. The molecule has 3 N–H and O–H groups in total. The Hall–Kier alpha value is -0.570. The van der Waals surface area contributed by atoms with Crippen LogP contribution in [0.25, 0.3) is 0 Å². The molecule has 1 aliphatic heterocycles. The molecule has 0 aliphatic carbocycles. The van der Waals surface area contributed by atoms with Gasteiger partial charge in [-0.3, -0.25) is 4.79 Å². The standard InChI is InChI=1S/C17H35N5O.HI/c1-4-9-19-16(23)14-21-17(18-5-2)20-10-6-11-22-12-7-15(3)8-13-22;/h15H,4-14H2,1-3H3,(H,19,23)(H2,18,20,21);1H. The largest absolute Gasteiger partial charge is 0.357 e. The summed E-state index contributed by atoms with van der Waals surface area (Å²) < 4.78 is 0. The van der Waals surface area contributed by atoms with Crippen molar-refractivity contribution < 1.29 is 4.79 Å². The third kappa shape index (κ3) is 11.1. The van der Waals surface area contributed by atoms with Gasteiger partial charge in [0.05, 0.1) is 0 Å². The van der Waals surface area contributed by atoms with Gasteiger partial charge in [0.1, 0.15) is 6.54 Å². The Labute approximate surface area is 164 Å². The minimum absolute atomic E-state index is 0. The van der Waals surface area contributed by atoms with E-state index in [0.29, 0.717) is 6.54 Å². The van der Waals surface area contributed by atoms with E-state index in [-0.39, 0.29) is 36.4 Å². The number of amides is 1. The number of hydrogen-bond acceptors (Lipinski definition) is 3. The van der Waals surface area contributed by atoms with Crippen LogP contribution in [0.3, 0.4) is 0 Å². The summed E-state index contributed by atoms with van der Waals surface area (Å²) >= 11 is 0. The molecule has 0 bridgehead atoms. The van der Waals surface area contributed by atoms with E-state index in [1.165, 1.54) is 25.9 Å². The number of nitrogens with zero attached hydrogens (tertiary/aromatic N) is 2. The summed E-state index contributed by atoms with van der Waals surface area (Å²) in [5.41, 5.74) is 0. The van der Waals surface area contributed by atoms with Crippen molar-refractivity contribution in [2.45, 2.75) is 46.5 Å². The maximum atomic E-state index is 11.6. The van der Waals surface area contributed by atoms with Crippen LogP contribution in [0.15, 0.2) is 4.99 Å². The lowest BCUT2D eigenvalue weighted by molar-refractivity contribution is -0.119. The van der Waals surface area contributed by atoms with Crippen molar-refractivity contribution in [3.63, 3.8) is 0 Å². The molecule has 142 valence electrons. The number of nitrogens with one attached hydrogen (secondary N) is 3. The molecular formula is C17H36IN5O. The minimum atomic E-state index is -0.0218. The molecule has 0 atom stereocenters. The van der Waals surface area contributed by atoms with Gasteiger partial charge in [0.2, 0.25) is 5.91 Å². The van der Waals surface area contributed by atoms with Crippen molar-refractivity contribution in [2.75, 3.05) is 45.8 Å². The van der Waals surface area contributed by atoms with Crippen molar-refractivity contribution in [1.82, 2.24) is 20.9 Å². The van der Waals surface area contributed by atoms with E-state index >= 15 is 0 Å².